The van der Waals surface area contributed by atoms with Crippen LogP contribution in [0.3, 0.4) is 0 Å². The lowest BCUT2D eigenvalue weighted by atomic mass is 9.83. The summed E-state index contributed by atoms with van der Waals surface area (Å²) in [6, 6.07) is 11.0. The Labute approximate surface area is 188 Å². The van der Waals surface area contributed by atoms with Crippen LogP contribution < -0.4 is 10.6 Å². The first kappa shape index (κ1) is 25.2. The molecule has 1 aliphatic rings. The molecule has 1 aromatic carbocycles. The maximum Gasteiger partial charge on any atom is 0.191 e. The summed E-state index contributed by atoms with van der Waals surface area (Å²) in [6.07, 6.45) is 6.37. The number of hydrogen-bond acceptors (Lipinski definition) is 3. The standard InChI is InChI=1S/C22H38N4O.HI/c1-19(26(3)17-20-10-6-5-7-11-20)16-24-21(23-2)25-18-22(14-15-27-4)12-8-9-13-22;/h5-7,10-11,19H,8-9,12-18H2,1-4H3,(H2,23,24,25);1H. The van der Waals surface area contributed by atoms with Gasteiger partial charge in [-0.1, -0.05) is 43.2 Å². The van der Waals surface area contributed by atoms with Crippen LogP contribution in [-0.2, 0) is 11.3 Å². The lowest BCUT2D eigenvalue weighted by molar-refractivity contribution is 0.138. The van der Waals surface area contributed by atoms with Crippen LogP contribution in [-0.4, -0.2) is 57.8 Å². The SMILES string of the molecule is CN=C(NCC(C)N(C)Cc1ccccc1)NCC1(CCOC)CCCC1.I. The van der Waals surface area contributed by atoms with E-state index in [4.69, 9.17) is 4.74 Å². The van der Waals surface area contributed by atoms with Crippen molar-refractivity contribution in [2.45, 2.75) is 51.6 Å². The molecule has 1 unspecified atom stereocenters. The molecule has 1 saturated carbocycles. The number of nitrogens with zero attached hydrogens (tertiary/aromatic N) is 2. The molecule has 1 fully saturated rings. The number of nitrogens with one attached hydrogen (secondary N) is 2. The smallest absolute Gasteiger partial charge is 0.191 e. The Hall–Kier alpha value is -0.860. The van der Waals surface area contributed by atoms with Gasteiger partial charge in [0.2, 0.25) is 0 Å². The average molecular weight is 502 g/mol. The zero-order valence-electron chi connectivity index (χ0n) is 18.0. The van der Waals surface area contributed by atoms with Crippen LogP contribution in [0.2, 0.25) is 0 Å². The van der Waals surface area contributed by atoms with Crippen LogP contribution in [0.5, 0.6) is 0 Å². The molecule has 1 aromatic rings. The van der Waals surface area contributed by atoms with Crippen molar-refractivity contribution in [2.75, 3.05) is 40.9 Å². The van der Waals surface area contributed by atoms with Gasteiger partial charge in [0.15, 0.2) is 5.96 Å². The average Bonchev–Trinajstić information content (AvgIpc) is 3.16. The second kappa shape index (κ2) is 13.4. The summed E-state index contributed by atoms with van der Waals surface area (Å²) in [4.78, 5) is 6.79. The van der Waals surface area contributed by atoms with Gasteiger partial charge < -0.3 is 15.4 Å². The van der Waals surface area contributed by atoms with Crippen LogP contribution in [0, 0.1) is 5.41 Å². The molecule has 6 heteroatoms. The summed E-state index contributed by atoms with van der Waals surface area (Å²) < 4.78 is 5.34. The summed E-state index contributed by atoms with van der Waals surface area (Å²) in [6.45, 7) is 5.89. The maximum atomic E-state index is 5.34. The molecular weight excluding hydrogens is 463 g/mol. The minimum atomic E-state index is 0. The normalized spacial score (nSPS) is 17.2. The van der Waals surface area contributed by atoms with Crippen LogP contribution in [0.4, 0.5) is 0 Å². The molecule has 0 aliphatic heterocycles. The topological polar surface area (TPSA) is 48.9 Å². The van der Waals surface area contributed by atoms with Crippen molar-refractivity contribution in [2.24, 2.45) is 10.4 Å². The summed E-state index contributed by atoms with van der Waals surface area (Å²) >= 11 is 0. The fourth-order valence-corrected chi connectivity index (χ4v) is 3.88. The number of benzene rings is 1. The Morgan fingerprint density at radius 3 is 2.50 bits per heavy atom. The van der Waals surface area contributed by atoms with Gasteiger partial charge >= 0.3 is 0 Å². The summed E-state index contributed by atoms with van der Waals surface area (Å²) in [5, 5.41) is 7.07. The van der Waals surface area contributed by atoms with Gasteiger partial charge in [-0.3, -0.25) is 9.89 Å². The van der Waals surface area contributed by atoms with Gasteiger partial charge in [-0.05, 0) is 44.2 Å². The molecule has 2 rings (SSSR count). The van der Waals surface area contributed by atoms with Gasteiger partial charge in [-0.15, -0.1) is 24.0 Å². The van der Waals surface area contributed by atoms with E-state index in [1.165, 1.54) is 31.2 Å². The monoisotopic (exact) mass is 502 g/mol. The van der Waals surface area contributed by atoms with Crippen LogP contribution >= 0.6 is 24.0 Å². The van der Waals surface area contributed by atoms with E-state index in [0.717, 1.165) is 38.6 Å². The third-order valence-electron chi connectivity index (χ3n) is 5.95. The molecular formula is C22H39IN4O. The number of rotatable bonds is 10. The first-order valence-electron chi connectivity index (χ1n) is 10.3. The highest BCUT2D eigenvalue weighted by atomic mass is 127. The fraction of sp³-hybridized carbons (Fsp3) is 0.682. The Bertz CT molecular complexity index is 561. The Morgan fingerprint density at radius 1 is 1.21 bits per heavy atom. The molecule has 1 aliphatic carbocycles. The molecule has 160 valence electrons. The van der Waals surface area contributed by atoms with Gasteiger partial charge in [-0.25, -0.2) is 0 Å². The number of guanidine groups is 1. The third kappa shape index (κ3) is 8.25. The largest absolute Gasteiger partial charge is 0.385 e. The van der Waals surface area contributed by atoms with Gasteiger partial charge in [0.05, 0.1) is 0 Å². The maximum absolute atomic E-state index is 5.34. The summed E-state index contributed by atoms with van der Waals surface area (Å²) in [7, 11) is 5.82. The lowest BCUT2D eigenvalue weighted by Gasteiger charge is -2.30. The van der Waals surface area contributed by atoms with Crippen LogP contribution in [0.1, 0.15) is 44.6 Å². The van der Waals surface area contributed by atoms with Gasteiger partial charge in [0.25, 0.3) is 0 Å². The zero-order valence-corrected chi connectivity index (χ0v) is 20.4. The number of ether oxygens (including phenoxy) is 1. The molecule has 2 N–H and O–H groups in total. The van der Waals surface area contributed by atoms with E-state index in [9.17, 15) is 0 Å². The molecule has 0 spiro atoms. The number of likely N-dealkylation sites (N-methyl/N-ethyl adjacent to an activating group) is 1. The van der Waals surface area contributed by atoms with E-state index in [1.54, 1.807) is 7.11 Å². The van der Waals surface area contributed by atoms with Gasteiger partial charge in [-0.2, -0.15) is 0 Å². The summed E-state index contributed by atoms with van der Waals surface area (Å²) in [5.41, 5.74) is 1.71. The number of methoxy groups -OCH3 is 1. The molecule has 0 saturated heterocycles. The molecule has 0 heterocycles. The Kier molecular flexibility index (Phi) is 12.0. The predicted octanol–water partition coefficient (Wildman–Crippen LogP) is 3.89. The molecule has 0 aromatic heterocycles. The number of hydrogen-bond donors (Lipinski definition) is 2. The van der Waals surface area contributed by atoms with E-state index < -0.39 is 0 Å². The number of halogens is 1. The first-order valence-corrected chi connectivity index (χ1v) is 10.3. The molecule has 0 bridgehead atoms. The van der Waals surface area contributed by atoms with E-state index in [2.05, 4.69) is 64.8 Å². The van der Waals surface area contributed by atoms with Crippen LogP contribution in [0.15, 0.2) is 35.3 Å². The van der Waals surface area contributed by atoms with Crippen molar-refractivity contribution in [3.8, 4) is 0 Å². The molecule has 1 atom stereocenters. The predicted molar refractivity (Wildman–Crippen MR) is 130 cm³/mol. The van der Waals surface area contributed by atoms with Crippen LogP contribution in [0.25, 0.3) is 0 Å². The zero-order chi connectivity index (χ0) is 19.5. The highest BCUT2D eigenvalue weighted by Gasteiger charge is 2.33. The number of aliphatic imine (C=N–C) groups is 1. The third-order valence-corrected chi connectivity index (χ3v) is 5.95. The van der Waals surface area contributed by atoms with Gasteiger partial charge in [0.1, 0.15) is 0 Å². The van der Waals surface area contributed by atoms with E-state index in [0.29, 0.717) is 11.5 Å². The van der Waals surface area contributed by atoms with Crippen molar-refractivity contribution in [3.63, 3.8) is 0 Å². The van der Waals surface area contributed by atoms with Crippen molar-refractivity contribution in [1.82, 2.24) is 15.5 Å². The highest BCUT2D eigenvalue weighted by Crippen LogP contribution is 2.40. The van der Waals surface area contributed by atoms with E-state index >= 15 is 0 Å². The summed E-state index contributed by atoms with van der Waals surface area (Å²) in [5.74, 6) is 0.902. The quantitative estimate of drug-likeness (QED) is 0.290. The van der Waals surface area contributed by atoms with Crippen molar-refractivity contribution in [3.05, 3.63) is 35.9 Å². The molecule has 0 radical (unpaired) electrons. The fourth-order valence-electron chi connectivity index (χ4n) is 3.88. The highest BCUT2D eigenvalue weighted by molar-refractivity contribution is 14.0. The first-order chi connectivity index (χ1) is 13.1. The second-order valence-corrected chi connectivity index (χ2v) is 8.01. The van der Waals surface area contributed by atoms with Crippen molar-refractivity contribution in [1.29, 1.82) is 0 Å². The van der Waals surface area contributed by atoms with E-state index in [1.807, 2.05) is 7.05 Å². The van der Waals surface area contributed by atoms with Crippen molar-refractivity contribution >= 4 is 29.9 Å². The second-order valence-electron chi connectivity index (χ2n) is 8.01. The lowest BCUT2D eigenvalue weighted by Crippen LogP contribution is -2.47. The Morgan fingerprint density at radius 2 is 1.89 bits per heavy atom. The minimum Gasteiger partial charge on any atom is -0.385 e. The van der Waals surface area contributed by atoms with E-state index in [-0.39, 0.29) is 24.0 Å². The van der Waals surface area contributed by atoms with Crippen molar-refractivity contribution < 1.29 is 4.74 Å². The minimum absolute atomic E-state index is 0. The Balaban J connectivity index is 0.00000392. The molecule has 28 heavy (non-hydrogen) atoms. The molecule has 5 nitrogen and oxygen atoms in total. The van der Waals surface area contributed by atoms with Gasteiger partial charge in [0, 0.05) is 46.4 Å². The molecule has 0 amide bonds.